The molecule has 1 aliphatic heterocycles. The van der Waals surface area contributed by atoms with Crippen molar-refractivity contribution < 1.29 is 19.0 Å². The highest BCUT2D eigenvalue weighted by Crippen LogP contribution is 2.34. The fourth-order valence-electron chi connectivity index (χ4n) is 1.70. The topological polar surface area (TPSA) is 44.8 Å². The van der Waals surface area contributed by atoms with Crippen LogP contribution in [0.5, 0.6) is 11.5 Å². The first-order valence-corrected chi connectivity index (χ1v) is 6.12. The van der Waals surface area contributed by atoms with E-state index in [9.17, 15) is 4.79 Å². The normalized spacial score (nSPS) is 13.9. The molecule has 0 radical (unpaired) electrons. The van der Waals surface area contributed by atoms with Gasteiger partial charge in [0.2, 0.25) is 6.79 Å². The third-order valence-electron chi connectivity index (χ3n) is 2.69. The van der Waals surface area contributed by atoms with E-state index < -0.39 is 0 Å². The van der Waals surface area contributed by atoms with Crippen molar-refractivity contribution in [3.63, 3.8) is 0 Å². The summed E-state index contributed by atoms with van der Waals surface area (Å²) in [5.74, 6) is 1.18. The molecule has 0 unspecified atom stereocenters. The highest BCUT2D eigenvalue weighted by molar-refractivity contribution is 5.82. The van der Waals surface area contributed by atoms with Gasteiger partial charge in [0.1, 0.15) is 0 Å². The Hall–Kier alpha value is -2.23. The first-order chi connectivity index (χ1) is 9.20. The van der Waals surface area contributed by atoms with Crippen molar-refractivity contribution in [1.82, 2.24) is 0 Å². The van der Waals surface area contributed by atoms with Crippen LogP contribution in [-0.4, -0.2) is 19.4 Å². The first-order valence-electron chi connectivity index (χ1n) is 6.12. The average Bonchev–Trinajstić information content (AvgIpc) is 2.86. The Morgan fingerprint density at radius 1 is 1.37 bits per heavy atom. The Kier molecular flexibility index (Phi) is 4.23. The molecule has 100 valence electrons. The maximum absolute atomic E-state index is 11.1. The number of hydrogen-bond acceptors (Lipinski definition) is 4. The predicted octanol–water partition coefficient (Wildman–Crippen LogP) is 2.94. The lowest BCUT2D eigenvalue weighted by Crippen LogP contribution is -1.98. The van der Waals surface area contributed by atoms with Crippen molar-refractivity contribution in [2.45, 2.75) is 13.8 Å². The van der Waals surface area contributed by atoms with Crippen molar-refractivity contribution in [2.75, 3.05) is 13.4 Å². The Morgan fingerprint density at radius 2 is 2.16 bits per heavy atom. The molecule has 0 atom stereocenters. The summed E-state index contributed by atoms with van der Waals surface area (Å²) in [6.07, 6.45) is 4.94. The van der Waals surface area contributed by atoms with Crippen LogP contribution in [0.25, 0.3) is 5.57 Å². The van der Waals surface area contributed by atoms with Gasteiger partial charge in [0, 0.05) is 6.08 Å². The molecule has 2 rings (SSSR count). The minimum Gasteiger partial charge on any atom is -0.463 e. The van der Waals surface area contributed by atoms with E-state index in [2.05, 4.69) is 0 Å². The lowest BCUT2D eigenvalue weighted by Gasteiger charge is -2.02. The standard InChI is InChI=1S/C15H16O4/c1-3-17-15(16)6-4-5-11(2)12-7-8-13-14(9-12)19-10-18-13/h4-9H,3,10H2,1-2H3. The molecule has 0 aliphatic carbocycles. The molecule has 0 spiro atoms. The van der Waals surface area contributed by atoms with Crippen molar-refractivity contribution >= 4 is 11.5 Å². The summed E-state index contributed by atoms with van der Waals surface area (Å²) in [6.45, 7) is 4.39. The molecule has 0 saturated heterocycles. The van der Waals surface area contributed by atoms with Gasteiger partial charge in [0.15, 0.2) is 11.5 Å². The number of allylic oxidation sites excluding steroid dienone is 3. The third-order valence-corrected chi connectivity index (χ3v) is 2.69. The van der Waals surface area contributed by atoms with Gasteiger partial charge in [0.05, 0.1) is 6.61 Å². The Labute approximate surface area is 112 Å². The monoisotopic (exact) mass is 260 g/mol. The number of hydrogen-bond donors (Lipinski definition) is 0. The molecule has 0 bridgehead atoms. The lowest BCUT2D eigenvalue weighted by molar-refractivity contribution is -0.137. The van der Waals surface area contributed by atoms with Gasteiger partial charge in [-0.05, 0) is 37.1 Å². The van der Waals surface area contributed by atoms with Crippen LogP contribution >= 0.6 is 0 Å². The highest BCUT2D eigenvalue weighted by Gasteiger charge is 2.13. The molecule has 0 N–H and O–H groups in total. The zero-order chi connectivity index (χ0) is 13.7. The number of carbonyl (C=O) groups excluding carboxylic acids is 1. The fourth-order valence-corrected chi connectivity index (χ4v) is 1.70. The molecule has 1 heterocycles. The van der Waals surface area contributed by atoms with Crippen LogP contribution in [0.1, 0.15) is 19.4 Å². The SMILES string of the molecule is CCOC(=O)C=CC=C(C)c1ccc2c(c1)OCO2. The van der Waals surface area contributed by atoms with Gasteiger partial charge in [-0.3, -0.25) is 0 Å². The second-order valence-electron chi connectivity index (χ2n) is 4.03. The third kappa shape index (κ3) is 3.37. The number of ether oxygens (including phenoxy) is 3. The second-order valence-corrected chi connectivity index (χ2v) is 4.03. The molecular formula is C15H16O4. The minimum absolute atomic E-state index is 0.268. The maximum Gasteiger partial charge on any atom is 0.330 e. The zero-order valence-electron chi connectivity index (χ0n) is 11.0. The van der Waals surface area contributed by atoms with E-state index in [1.807, 2.05) is 31.2 Å². The summed E-state index contributed by atoms with van der Waals surface area (Å²) < 4.78 is 15.4. The molecular weight excluding hydrogens is 244 g/mol. The quantitative estimate of drug-likeness (QED) is 0.474. The second kappa shape index (κ2) is 6.09. The van der Waals surface area contributed by atoms with Crippen LogP contribution in [0.4, 0.5) is 0 Å². The van der Waals surface area contributed by atoms with E-state index >= 15 is 0 Å². The van der Waals surface area contributed by atoms with Crippen LogP contribution in [0, 0.1) is 0 Å². The van der Waals surface area contributed by atoms with Crippen LogP contribution in [0.2, 0.25) is 0 Å². The van der Waals surface area contributed by atoms with Gasteiger partial charge < -0.3 is 14.2 Å². The number of carbonyl (C=O) groups is 1. The minimum atomic E-state index is -0.336. The van der Waals surface area contributed by atoms with Crippen molar-refractivity contribution in [3.8, 4) is 11.5 Å². The Morgan fingerprint density at radius 3 is 2.95 bits per heavy atom. The van der Waals surface area contributed by atoms with E-state index in [4.69, 9.17) is 14.2 Å². The van der Waals surface area contributed by atoms with Gasteiger partial charge in [-0.2, -0.15) is 0 Å². The molecule has 0 aromatic heterocycles. The number of esters is 1. The molecule has 1 aromatic carbocycles. The molecule has 1 aromatic rings. The Bertz CT molecular complexity index is 529. The van der Waals surface area contributed by atoms with Crippen LogP contribution in [0.3, 0.4) is 0 Å². The molecule has 4 nitrogen and oxygen atoms in total. The maximum atomic E-state index is 11.1. The zero-order valence-corrected chi connectivity index (χ0v) is 11.0. The van der Waals surface area contributed by atoms with Gasteiger partial charge in [-0.15, -0.1) is 0 Å². The Balaban J connectivity index is 2.07. The van der Waals surface area contributed by atoms with Crippen LogP contribution in [-0.2, 0) is 9.53 Å². The van der Waals surface area contributed by atoms with E-state index in [1.54, 1.807) is 13.0 Å². The van der Waals surface area contributed by atoms with Crippen molar-refractivity contribution in [3.05, 3.63) is 42.0 Å². The number of benzene rings is 1. The largest absolute Gasteiger partial charge is 0.463 e. The highest BCUT2D eigenvalue weighted by atomic mass is 16.7. The molecule has 1 aliphatic rings. The van der Waals surface area contributed by atoms with Gasteiger partial charge in [0.25, 0.3) is 0 Å². The molecule has 19 heavy (non-hydrogen) atoms. The summed E-state index contributed by atoms with van der Waals surface area (Å²) in [7, 11) is 0. The van der Waals surface area contributed by atoms with E-state index in [0.717, 1.165) is 22.6 Å². The van der Waals surface area contributed by atoms with Crippen molar-refractivity contribution in [2.24, 2.45) is 0 Å². The summed E-state index contributed by atoms with van der Waals surface area (Å²) in [5, 5.41) is 0. The van der Waals surface area contributed by atoms with Gasteiger partial charge in [-0.1, -0.05) is 18.2 Å². The summed E-state index contributed by atoms with van der Waals surface area (Å²) in [4.78, 5) is 11.1. The summed E-state index contributed by atoms with van der Waals surface area (Å²) >= 11 is 0. The predicted molar refractivity (Wildman–Crippen MR) is 72.0 cm³/mol. The van der Waals surface area contributed by atoms with E-state index in [1.165, 1.54) is 6.08 Å². The number of fused-ring (bicyclic) bond motifs is 1. The lowest BCUT2D eigenvalue weighted by atomic mass is 10.1. The van der Waals surface area contributed by atoms with Crippen LogP contribution in [0.15, 0.2) is 36.4 Å². The first kappa shape index (κ1) is 13.2. The number of rotatable bonds is 4. The van der Waals surface area contributed by atoms with Crippen molar-refractivity contribution in [1.29, 1.82) is 0 Å². The van der Waals surface area contributed by atoms with Gasteiger partial charge in [-0.25, -0.2) is 4.79 Å². The molecule has 0 saturated carbocycles. The fraction of sp³-hybridized carbons (Fsp3) is 0.267. The summed E-state index contributed by atoms with van der Waals surface area (Å²) in [5.41, 5.74) is 2.05. The van der Waals surface area contributed by atoms with Gasteiger partial charge >= 0.3 is 5.97 Å². The smallest absolute Gasteiger partial charge is 0.330 e. The van der Waals surface area contributed by atoms with Crippen LogP contribution < -0.4 is 9.47 Å². The van der Waals surface area contributed by atoms with E-state index in [0.29, 0.717) is 6.61 Å². The molecule has 0 fully saturated rings. The summed E-state index contributed by atoms with van der Waals surface area (Å²) in [6, 6.07) is 5.76. The molecule has 4 heteroatoms. The van der Waals surface area contributed by atoms with E-state index in [-0.39, 0.29) is 12.8 Å². The molecule has 0 amide bonds. The average molecular weight is 260 g/mol.